The molecule has 7 heavy (non-hydrogen) atoms. The molecule has 0 aromatic heterocycles. The minimum atomic E-state index is 1.17. The molecule has 0 aromatic rings. The van der Waals surface area contributed by atoms with Crippen molar-refractivity contribution in [1.82, 2.24) is 0 Å². The summed E-state index contributed by atoms with van der Waals surface area (Å²) < 4.78 is 2.62. The number of hydrogen-bond donors (Lipinski definition) is 1. The van der Waals surface area contributed by atoms with Gasteiger partial charge in [-0.05, 0) is 19.7 Å². The summed E-state index contributed by atoms with van der Waals surface area (Å²) in [6.45, 7) is 5.25. The average Bonchev–Trinajstić information content (AvgIpc) is 1.69. The molecule has 0 N–H and O–H groups in total. The van der Waals surface area contributed by atoms with Crippen LogP contribution in [0.15, 0.2) is 17.1 Å². The lowest BCUT2D eigenvalue weighted by atomic mass is 10.8. The lowest BCUT2D eigenvalue weighted by molar-refractivity contribution is 0.566. The van der Waals surface area contributed by atoms with Gasteiger partial charge in [-0.2, -0.15) is 0 Å². The first kappa shape index (κ1) is 9.69. The number of thiol groups is 1. The molecule has 3 heteroatoms. The Bertz CT molecular complexity index is 75.8. The molecule has 0 spiro atoms. The van der Waals surface area contributed by atoms with Crippen LogP contribution in [0.4, 0.5) is 0 Å². The van der Waals surface area contributed by atoms with Gasteiger partial charge in [0.2, 0.25) is 6.08 Å². The van der Waals surface area contributed by atoms with Crippen LogP contribution in [0.1, 0.15) is 6.92 Å². The van der Waals surface area contributed by atoms with Crippen LogP contribution in [-0.4, -0.2) is 6.08 Å². The molecule has 40 valence electrons. The van der Waals surface area contributed by atoms with Crippen molar-refractivity contribution in [2.45, 2.75) is 6.92 Å². The summed E-state index contributed by atoms with van der Waals surface area (Å²) in [4.78, 5) is 8.81. The summed E-state index contributed by atoms with van der Waals surface area (Å²) in [6, 6.07) is 0. The van der Waals surface area contributed by atoms with Crippen LogP contribution in [0.25, 0.3) is 0 Å². The van der Waals surface area contributed by atoms with E-state index < -0.39 is 0 Å². The lowest BCUT2D eigenvalue weighted by Gasteiger charge is -1.34. The van der Waals surface area contributed by atoms with E-state index in [2.05, 4.69) is 23.8 Å². The maximum atomic E-state index is 8.81. The number of allylic oxidation sites excluding steroid dienone is 1. The van der Waals surface area contributed by atoms with Gasteiger partial charge in [0.05, 0.1) is 0 Å². The molecule has 0 atom stereocenters. The monoisotopic (exact) mass is 117 g/mol. The fourth-order valence-corrected chi connectivity index (χ4v) is 0. The van der Waals surface area contributed by atoms with Crippen LogP contribution in [0.2, 0.25) is 0 Å². The number of carbonyl (C=O) groups excluding carboxylic acids is 1. The molecule has 0 unspecified atom stereocenters. The van der Waals surface area contributed by atoms with Gasteiger partial charge in [-0.25, -0.2) is 4.79 Å². The Balaban J connectivity index is 0. The van der Waals surface area contributed by atoms with Crippen molar-refractivity contribution in [2.75, 3.05) is 0 Å². The fraction of sp³-hybridized carbons (Fsp3) is 0.250. The van der Waals surface area contributed by atoms with E-state index in [-0.39, 0.29) is 0 Å². The van der Waals surface area contributed by atoms with Crippen LogP contribution >= 0.6 is 12.8 Å². The number of rotatable bonds is 0. The Morgan fingerprint density at radius 3 is 2.14 bits per heavy atom. The normalized spacial score (nSPS) is 4.29. The summed E-state index contributed by atoms with van der Waals surface area (Å²) >= 11 is 3.12. The summed E-state index contributed by atoms with van der Waals surface area (Å²) in [7, 11) is 0. The minimum absolute atomic E-state index is 1.17. The molecule has 0 fully saturated rings. The summed E-state index contributed by atoms with van der Waals surface area (Å²) in [5, 5.41) is 0. The zero-order valence-electron chi connectivity index (χ0n) is 4.09. The van der Waals surface area contributed by atoms with Crippen molar-refractivity contribution >= 4 is 18.9 Å². The second-order valence-electron chi connectivity index (χ2n) is 0.600. The van der Waals surface area contributed by atoms with Gasteiger partial charge < -0.3 is 0 Å². The fourth-order valence-electron chi connectivity index (χ4n) is 0. The number of isocyanates is 1. The first-order valence-electron chi connectivity index (χ1n) is 1.61. The van der Waals surface area contributed by atoms with E-state index in [0.29, 0.717) is 0 Å². The van der Waals surface area contributed by atoms with Gasteiger partial charge in [0.1, 0.15) is 0 Å². The predicted octanol–water partition coefficient (Wildman–Crippen LogP) is 1.36. The van der Waals surface area contributed by atoms with Crippen LogP contribution in [0.3, 0.4) is 0 Å². The van der Waals surface area contributed by atoms with E-state index in [4.69, 9.17) is 4.79 Å². The van der Waals surface area contributed by atoms with E-state index in [1.807, 2.05) is 6.92 Å². The van der Waals surface area contributed by atoms with E-state index in [9.17, 15) is 0 Å². The third-order valence-corrected chi connectivity index (χ3v) is 0.122. The van der Waals surface area contributed by atoms with Crippen LogP contribution in [0, 0.1) is 0 Å². The third kappa shape index (κ3) is 298. The Kier molecular flexibility index (Phi) is 24.8. The molecule has 0 saturated carbocycles. The van der Waals surface area contributed by atoms with Crippen LogP contribution in [-0.2, 0) is 4.79 Å². The Labute approximate surface area is 48.5 Å². The van der Waals surface area contributed by atoms with Gasteiger partial charge in [-0.3, -0.25) is 0 Å². The molecule has 0 aliphatic carbocycles. The summed E-state index contributed by atoms with van der Waals surface area (Å²) in [5.74, 6) is 0. The highest BCUT2D eigenvalue weighted by Crippen LogP contribution is 1.58. The van der Waals surface area contributed by atoms with Crippen molar-refractivity contribution < 1.29 is 4.79 Å². The van der Waals surface area contributed by atoms with E-state index in [1.54, 1.807) is 6.08 Å². The zero-order valence-corrected chi connectivity index (χ0v) is 4.98. The molecule has 0 aliphatic rings. The summed E-state index contributed by atoms with van der Waals surface area (Å²) in [5.41, 5.74) is 0. The SMILES string of the molecule is C=CC.O=C=NS. The third-order valence-electron chi connectivity index (χ3n) is 0.0408. The minimum Gasteiger partial charge on any atom is -0.210 e. The zero-order chi connectivity index (χ0) is 6.12. The molecule has 0 rings (SSSR count). The van der Waals surface area contributed by atoms with Gasteiger partial charge in [0.15, 0.2) is 0 Å². The van der Waals surface area contributed by atoms with E-state index in [0.717, 1.165) is 0 Å². The van der Waals surface area contributed by atoms with E-state index >= 15 is 0 Å². The molecular weight excluding hydrogens is 110 g/mol. The molecule has 0 radical (unpaired) electrons. The van der Waals surface area contributed by atoms with Crippen molar-refractivity contribution in [3.63, 3.8) is 0 Å². The van der Waals surface area contributed by atoms with Gasteiger partial charge in [0.25, 0.3) is 0 Å². The van der Waals surface area contributed by atoms with Crippen molar-refractivity contribution in [2.24, 2.45) is 4.40 Å². The van der Waals surface area contributed by atoms with Crippen molar-refractivity contribution in [3.8, 4) is 0 Å². The Morgan fingerprint density at radius 2 is 2.14 bits per heavy atom. The van der Waals surface area contributed by atoms with Crippen LogP contribution < -0.4 is 0 Å². The topological polar surface area (TPSA) is 29.4 Å². The molecular formula is C4H7NOS. The molecule has 0 amide bonds. The Hall–Kier alpha value is -0.530. The second kappa shape index (κ2) is 17.9. The van der Waals surface area contributed by atoms with Gasteiger partial charge in [-0.15, -0.1) is 11.0 Å². The average molecular weight is 117 g/mol. The first-order chi connectivity index (χ1) is 3.33. The highest BCUT2D eigenvalue weighted by molar-refractivity contribution is 7.78. The number of nitrogens with zero attached hydrogens (tertiary/aromatic N) is 1. The molecule has 0 aromatic carbocycles. The summed E-state index contributed by atoms with van der Waals surface area (Å²) in [6.07, 6.45) is 2.92. The maximum absolute atomic E-state index is 8.81. The molecule has 0 saturated heterocycles. The lowest BCUT2D eigenvalue weighted by Crippen LogP contribution is -1.26. The smallest absolute Gasteiger partial charge is 0.210 e. The highest BCUT2D eigenvalue weighted by Gasteiger charge is 1.30. The van der Waals surface area contributed by atoms with Gasteiger partial charge in [-0.1, -0.05) is 6.08 Å². The molecule has 0 bridgehead atoms. The molecule has 0 heterocycles. The highest BCUT2D eigenvalue weighted by atomic mass is 32.1. The molecule has 0 aliphatic heterocycles. The second-order valence-corrected chi connectivity index (χ2v) is 0.800. The quantitative estimate of drug-likeness (QED) is 0.221. The maximum Gasteiger partial charge on any atom is 0.247 e. The molecule has 2 nitrogen and oxygen atoms in total. The van der Waals surface area contributed by atoms with Crippen molar-refractivity contribution in [3.05, 3.63) is 12.7 Å². The van der Waals surface area contributed by atoms with Gasteiger partial charge >= 0.3 is 0 Å². The number of hydrogen-bond acceptors (Lipinski definition) is 3. The van der Waals surface area contributed by atoms with Crippen LogP contribution in [0.5, 0.6) is 0 Å². The van der Waals surface area contributed by atoms with Gasteiger partial charge in [0, 0.05) is 0 Å². The largest absolute Gasteiger partial charge is 0.247 e. The predicted molar refractivity (Wildman–Crippen MR) is 33.0 cm³/mol. The van der Waals surface area contributed by atoms with Crippen molar-refractivity contribution in [1.29, 1.82) is 0 Å². The first-order valence-corrected chi connectivity index (χ1v) is 2.01. The Morgan fingerprint density at radius 1 is 2.00 bits per heavy atom. The van der Waals surface area contributed by atoms with E-state index in [1.165, 1.54) is 6.08 Å². The standard InChI is InChI=1S/C3H6.CHNOS/c1-3-2;3-1-2-4/h3H,1H2,2H3;4H.